The van der Waals surface area contributed by atoms with Gasteiger partial charge in [0.15, 0.2) is 0 Å². The summed E-state index contributed by atoms with van der Waals surface area (Å²) in [6.45, 7) is 14.5. The predicted octanol–water partition coefficient (Wildman–Crippen LogP) is 8.63. The SMILES string of the molecule is CC.CCCc1cc(Cl)ccc1C1COc2ccc3cc2N(C1)CC1CCC1C(OCCN(C)C)/C=C/CC(C)C(C)C(=O)NS3. The van der Waals surface area contributed by atoms with E-state index in [1.165, 1.54) is 35.9 Å². The quantitative estimate of drug-likeness (QED) is 0.235. The number of carbonyl (C=O) groups is 1. The molecule has 5 rings (SSSR count). The first-order chi connectivity index (χ1) is 22.2. The Labute approximate surface area is 287 Å². The number of rotatable bonds is 7. The highest BCUT2D eigenvalue weighted by atomic mass is 35.5. The number of likely N-dealkylation sites (N-methyl/N-ethyl adjacent to an activating group) is 1. The van der Waals surface area contributed by atoms with Gasteiger partial charge in [-0.25, -0.2) is 0 Å². The second-order valence-electron chi connectivity index (χ2n) is 13.3. The third kappa shape index (κ3) is 9.46. The van der Waals surface area contributed by atoms with E-state index in [2.05, 4.69) is 84.9 Å². The van der Waals surface area contributed by atoms with Gasteiger partial charge in [0.1, 0.15) is 5.75 Å². The molecule has 2 aromatic rings. The number of benzene rings is 2. The van der Waals surface area contributed by atoms with Crippen molar-refractivity contribution in [3.05, 3.63) is 64.7 Å². The van der Waals surface area contributed by atoms with Crippen LogP contribution < -0.4 is 14.4 Å². The number of ether oxygens (including phenoxy) is 2. The number of hydrogen-bond acceptors (Lipinski definition) is 6. The lowest BCUT2D eigenvalue weighted by Crippen LogP contribution is -2.45. The maximum absolute atomic E-state index is 13.1. The highest BCUT2D eigenvalue weighted by molar-refractivity contribution is 7.98. The minimum absolute atomic E-state index is 0.0649. The molecule has 2 aliphatic heterocycles. The lowest BCUT2D eigenvalue weighted by molar-refractivity contribution is -0.123. The monoisotopic (exact) mass is 669 g/mol. The molecule has 3 aliphatic rings. The molecule has 46 heavy (non-hydrogen) atoms. The Morgan fingerprint density at radius 3 is 2.63 bits per heavy atom. The first-order valence-electron chi connectivity index (χ1n) is 17.4. The van der Waals surface area contributed by atoms with Crippen molar-refractivity contribution in [3.8, 4) is 5.75 Å². The van der Waals surface area contributed by atoms with E-state index < -0.39 is 0 Å². The molecule has 2 bridgehead atoms. The molecule has 6 atom stereocenters. The normalized spacial score (nSPS) is 27.2. The fourth-order valence-electron chi connectivity index (χ4n) is 6.68. The molecular formula is C38H56ClN3O3S. The third-order valence-electron chi connectivity index (χ3n) is 9.79. The average Bonchev–Trinajstić information content (AvgIpc) is 3.21. The molecule has 1 aliphatic carbocycles. The third-order valence-corrected chi connectivity index (χ3v) is 10.8. The molecule has 254 valence electrons. The number of hydrogen-bond donors (Lipinski definition) is 1. The number of nitrogens with zero attached hydrogens (tertiary/aromatic N) is 2. The van der Waals surface area contributed by atoms with Crippen LogP contribution in [0.25, 0.3) is 0 Å². The maximum Gasteiger partial charge on any atom is 0.233 e. The molecule has 1 N–H and O–H groups in total. The smallest absolute Gasteiger partial charge is 0.233 e. The summed E-state index contributed by atoms with van der Waals surface area (Å²) in [5.74, 6) is 2.32. The number of carbonyl (C=O) groups excluding carboxylic acids is 1. The summed E-state index contributed by atoms with van der Waals surface area (Å²) in [6.07, 6.45) is 9.92. The van der Waals surface area contributed by atoms with Gasteiger partial charge in [0.05, 0.1) is 25.0 Å². The van der Waals surface area contributed by atoms with Crippen molar-refractivity contribution in [2.24, 2.45) is 23.7 Å². The second-order valence-corrected chi connectivity index (χ2v) is 14.6. The summed E-state index contributed by atoms with van der Waals surface area (Å²) in [4.78, 5) is 18.9. The van der Waals surface area contributed by atoms with Crippen LogP contribution >= 0.6 is 23.5 Å². The highest BCUT2D eigenvalue weighted by Crippen LogP contribution is 2.44. The molecule has 6 nitrogen and oxygen atoms in total. The Balaban J connectivity index is 0.00000235. The van der Waals surface area contributed by atoms with Gasteiger partial charge < -0.3 is 19.3 Å². The molecule has 2 aromatic carbocycles. The summed E-state index contributed by atoms with van der Waals surface area (Å²) in [5.41, 5.74) is 3.76. The summed E-state index contributed by atoms with van der Waals surface area (Å²) in [6, 6.07) is 12.7. The lowest BCUT2D eigenvalue weighted by atomic mass is 9.70. The molecule has 0 radical (unpaired) electrons. The van der Waals surface area contributed by atoms with Crippen LogP contribution in [0.1, 0.15) is 77.3 Å². The van der Waals surface area contributed by atoms with E-state index in [1.807, 2.05) is 26.8 Å². The number of anilines is 1. The van der Waals surface area contributed by atoms with Crippen molar-refractivity contribution < 1.29 is 14.3 Å². The van der Waals surface area contributed by atoms with Gasteiger partial charge in [-0.3, -0.25) is 9.52 Å². The van der Waals surface area contributed by atoms with Crippen LogP contribution in [0, 0.1) is 23.7 Å². The van der Waals surface area contributed by atoms with E-state index in [0.29, 0.717) is 25.0 Å². The van der Waals surface area contributed by atoms with Gasteiger partial charge in [0.2, 0.25) is 5.91 Å². The number of nitrogens with one attached hydrogen (secondary N) is 1. The van der Waals surface area contributed by atoms with Crippen molar-refractivity contribution in [1.82, 2.24) is 9.62 Å². The molecule has 0 spiro atoms. The van der Waals surface area contributed by atoms with E-state index in [9.17, 15) is 4.79 Å². The van der Waals surface area contributed by atoms with Crippen molar-refractivity contribution >= 4 is 35.1 Å². The average molecular weight is 670 g/mol. The largest absolute Gasteiger partial charge is 0.491 e. The van der Waals surface area contributed by atoms with E-state index >= 15 is 0 Å². The number of amides is 1. The van der Waals surface area contributed by atoms with Gasteiger partial charge in [-0.05, 0) is 111 Å². The minimum Gasteiger partial charge on any atom is -0.491 e. The first kappa shape index (κ1) is 36.6. The van der Waals surface area contributed by atoms with Gasteiger partial charge >= 0.3 is 0 Å². The summed E-state index contributed by atoms with van der Waals surface area (Å²) < 4.78 is 16.3. The highest BCUT2D eigenvalue weighted by Gasteiger charge is 2.39. The molecule has 1 saturated carbocycles. The van der Waals surface area contributed by atoms with Gasteiger partial charge in [-0.2, -0.15) is 0 Å². The summed E-state index contributed by atoms with van der Waals surface area (Å²) >= 11 is 7.86. The Bertz CT molecular complexity index is 1300. The van der Waals surface area contributed by atoms with Crippen molar-refractivity contribution in [2.45, 2.75) is 83.6 Å². The zero-order chi connectivity index (χ0) is 33.2. The standard InChI is InChI=1S/C36H50ClN3O3S.C2H6/c1-6-8-26-19-29(37)12-15-31(26)28-22-40-21-27-11-14-32(27)34(42-18-17-39(4)5)10-7-9-24(2)25(3)36(41)38-44-30-13-16-35(43-23-28)33(40)20-30;1-2/h7,10,12-13,15-16,19-20,24-25,27-28,32,34H,6,8-9,11,14,17-18,21-23H2,1-5H3,(H,38,41);1-2H3/b10-7+;. The molecule has 0 saturated heterocycles. The molecular weight excluding hydrogens is 614 g/mol. The van der Waals surface area contributed by atoms with Crippen LogP contribution in [0.15, 0.2) is 53.4 Å². The van der Waals surface area contributed by atoms with Gasteiger partial charge in [-0.15, -0.1) is 0 Å². The zero-order valence-electron chi connectivity index (χ0n) is 29.1. The Morgan fingerprint density at radius 1 is 1.11 bits per heavy atom. The zero-order valence-corrected chi connectivity index (χ0v) is 30.6. The first-order valence-corrected chi connectivity index (χ1v) is 18.6. The minimum atomic E-state index is -0.0947. The molecule has 6 unspecified atom stereocenters. The van der Waals surface area contributed by atoms with Gasteiger partial charge in [-0.1, -0.05) is 70.9 Å². The molecule has 0 aromatic heterocycles. The van der Waals surface area contributed by atoms with Crippen molar-refractivity contribution in [2.75, 3.05) is 51.8 Å². The predicted molar refractivity (Wildman–Crippen MR) is 194 cm³/mol. The van der Waals surface area contributed by atoms with Crippen LogP contribution in [0.2, 0.25) is 5.02 Å². The molecule has 2 heterocycles. The van der Waals surface area contributed by atoms with Crippen LogP contribution in [-0.4, -0.2) is 63.9 Å². The van der Waals surface area contributed by atoms with E-state index in [-0.39, 0.29) is 29.8 Å². The summed E-state index contributed by atoms with van der Waals surface area (Å²) in [5, 5.41) is 0.790. The van der Waals surface area contributed by atoms with E-state index in [0.717, 1.165) is 60.3 Å². The van der Waals surface area contributed by atoms with Gasteiger partial charge in [0, 0.05) is 41.4 Å². The van der Waals surface area contributed by atoms with E-state index in [1.54, 1.807) is 0 Å². The maximum atomic E-state index is 13.1. The molecule has 1 fully saturated rings. The molecule has 8 heteroatoms. The van der Waals surface area contributed by atoms with Crippen LogP contribution in [-0.2, 0) is 16.0 Å². The summed E-state index contributed by atoms with van der Waals surface area (Å²) in [7, 11) is 4.18. The number of allylic oxidation sites excluding steroid dienone is 1. The second kappa shape index (κ2) is 17.8. The van der Waals surface area contributed by atoms with Crippen molar-refractivity contribution in [1.29, 1.82) is 0 Å². The Kier molecular flexibility index (Phi) is 14.2. The van der Waals surface area contributed by atoms with Gasteiger partial charge in [0.25, 0.3) is 0 Å². The topological polar surface area (TPSA) is 54.0 Å². The fraction of sp³-hybridized carbons (Fsp3) is 0.605. The number of fused-ring (bicyclic) bond motifs is 2. The number of aryl methyl sites for hydroxylation is 1. The van der Waals surface area contributed by atoms with Crippen LogP contribution in [0.4, 0.5) is 5.69 Å². The van der Waals surface area contributed by atoms with Crippen molar-refractivity contribution in [3.63, 3.8) is 0 Å². The lowest BCUT2D eigenvalue weighted by Gasteiger charge is -2.44. The van der Waals surface area contributed by atoms with E-state index in [4.69, 9.17) is 21.1 Å². The van der Waals surface area contributed by atoms with Crippen LogP contribution in [0.3, 0.4) is 0 Å². The van der Waals surface area contributed by atoms with Crippen LogP contribution in [0.5, 0.6) is 5.75 Å². The Morgan fingerprint density at radius 2 is 1.91 bits per heavy atom. The molecule has 1 amide bonds. The fourth-order valence-corrected chi connectivity index (χ4v) is 7.58. The number of halogens is 1. The Hall–Kier alpha value is -2.19.